The number of benzene rings is 1. The van der Waals surface area contributed by atoms with Gasteiger partial charge in [-0.3, -0.25) is 4.90 Å². The number of carbonyl (C=O) groups excluding carboxylic acids is 1. The van der Waals surface area contributed by atoms with Gasteiger partial charge in [0.05, 0.1) is 22.5 Å². The van der Waals surface area contributed by atoms with Gasteiger partial charge in [0.25, 0.3) is 0 Å². The number of sulfone groups is 1. The molecule has 0 radical (unpaired) electrons. The number of nitrogens with zero attached hydrogens (tertiary/aromatic N) is 1. The van der Waals surface area contributed by atoms with Crippen molar-refractivity contribution in [3.8, 4) is 0 Å². The third-order valence-corrected chi connectivity index (χ3v) is 6.18. The smallest absolute Gasteiger partial charge is 0.414 e. The minimum atomic E-state index is -2.99. The average molecular weight is 368 g/mol. The van der Waals surface area contributed by atoms with Crippen LogP contribution in [0.1, 0.15) is 18.1 Å². The highest BCUT2D eigenvalue weighted by Crippen LogP contribution is 2.27. The molecule has 24 heavy (non-hydrogen) atoms. The second-order valence-corrected chi connectivity index (χ2v) is 9.06. The standard InChI is InChI=1S/C16H20N2O4S2/c1-11(23)17-9-15-10-22-16(19)18(15)14-3-2-12-4-6-24(20,21)7-5-13(12)8-14/h2-3,8,15H,4-7,9-10H2,1H3,(H,17,23). The maximum absolute atomic E-state index is 12.1. The molecule has 3 rings (SSSR count). The van der Waals surface area contributed by atoms with E-state index in [9.17, 15) is 13.2 Å². The Hall–Kier alpha value is -1.67. The number of fused-ring (bicyclic) bond motifs is 1. The maximum atomic E-state index is 12.1. The summed E-state index contributed by atoms with van der Waals surface area (Å²) in [5, 5.41) is 3.07. The summed E-state index contributed by atoms with van der Waals surface area (Å²) < 4.78 is 28.8. The van der Waals surface area contributed by atoms with E-state index in [2.05, 4.69) is 5.32 Å². The van der Waals surface area contributed by atoms with Crippen molar-refractivity contribution in [3.63, 3.8) is 0 Å². The van der Waals surface area contributed by atoms with E-state index in [0.29, 0.717) is 31.0 Å². The van der Waals surface area contributed by atoms with Crippen molar-refractivity contribution in [3.05, 3.63) is 29.3 Å². The Labute approximate surface area is 147 Å². The number of cyclic esters (lactones) is 1. The van der Waals surface area contributed by atoms with E-state index in [0.717, 1.165) is 16.8 Å². The van der Waals surface area contributed by atoms with Gasteiger partial charge in [-0.25, -0.2) is 13.2 Å². The molecule has 0 spiro atoms. The van der Waals surface area contributed by atoms with Gasteiger partial charge in [0.15, 0.2) is 9.84 Å². The number of anilines is 1. The van der Waals surface area contributed by atoms with E-state index in [1.165, 1.54) is 0 Å². The second-order valence-electron chi connectivity index (χ2n) is 6.14. The zero-order valence-corrected chi connectivity index (χ0v) is 15.1. The number of hydrogen-bond donors (Lipinski definition) is 1. The van der Waals surface area contributed by atoms with Gasteiger partial charge in [0.1, 0.15) is 6.61 Å². The molecular formula is C16H20N2O4S2. The zero-order chi connectivity index (χ0) is 17.3. The summed E-state index contributed by atoms with van der Waals surface area (Å²) in [6, 6.07) is 5.56. The van der Waals surface area contributed by atoms with Crippen LogP contribution in [0, 0.1) is 0 Å². The molecule has 2 aliphatic rings. The highest BCUT2D eigenvalue weighted by molar-refractivity contribution is 7.91. The summed E-state index contributed by atoms with van der Waals surface area (Å²) in [7, 11) is -2.99. The molecule has 130 valence electrons. The van der Waals surface area contributed by atoms with Gasteiger partial charge in [-0.2, -0.15) is 0 Å². The molecule has 1 unspecified atom stereocenters. The van der Waals surface area contributed by atoms with Crippen molar-refractivity contribution >= 4 is 38.8 Å². The second kappa shape index (κ2) is 6.68. The monoisotopic (exact) mass is 368 g/mol. The van der Waals surface area contributed by atoms with Gasteiger partial charge in [-0.1, -0.05) is 18.3 Å². The average Bonchev–Trinajstić information content (AvgIpc) is 2.82. The molecule has 1 fully saturated rings. The molecule has 0 saturated carbocycles. The molecular weight excluding hydrogens is 348 g/mol. The predicted octanol–water partition coefficient (Wildman–Crippen LogP) is 1.46. The van der Waals surface area contributed by atoms with Gasteiger partial charge in [-0.05, 0) is 43.0 Å². The minimum Gasteiger partial charge on any atom is -0.447 e. The predicted molar refractivity (Wildman–Crippen MR) is 96.4 cm³/mol. The summed E-state index contributed by atoms with van der Waals surface area (Å²) in [5.41, 5.74) is 2.77. The van der Waals surface area contributed by atoms with Crippen LogP contribution in [0.2, 0.25) is 0 Å². The van der Waals surface area contributed by atoms with Gasteiger partial charge in [0, 0.05) is 12.2 Å². The number of nitrogens with one attached hydrogen (secondary N) is 1. The highest BCUT2D eigenvalue weighted by atomic mass is 32.2. The first-order chi connectivity index (χ1) is 11.4. The number of rotatable bonds is 3. The van der Waals surface area contributed by atoms with Crippen molar-refractivity contribution in [2.45, 2.75) is 25.8 Å². The zero-order valence-electron chi connectivity index (χ0n) is 13.4. The molecule has 0 aliphatic carbocycles. The summed E-state index contributed by atoms with van der Waals surface area (Å²) in [6.07, 6.45) is 0.624. The fourth-order valence-electron chi connectivity index (χ4n) is 3.06. The van der Waals surface area contributed by atoms with Gasteiger partial charge in [0.2, 0.25) is 0 Å². The Bertz CT molecular complexity index is 776. The maximum Gasteiger partial charge on any atom is 0.414 e. The largest absolute Gasteiger partial charge is 0.447 e. The molecule has 1 aromatic carbocycles. The summed E-state index contributed by atoms with van der Waals surface area (Å²) in [5.74, 6) is 0.342. The molecule has 1 N–H and O–H groups in total. The normalized spacial score (nSPS) is 22.5. The van der Waals surface area contributed by atoms with Crippen LogP contribution in [-0.4, -0.2) is 50.2 Å². The van der Waals surface area contributed by atoms with Crippen LogP contribution in [-0.2, 0) is 27.4 Å². The Balaban J connectivity index is 1.85. The summed E-state index contributed by atoms with van der Waals surface area (Å²) in [4.78, 5) is 14.4. The van der Waals surface area contributed by atoms with Crippen LogP contribution in [0.15, 0.2) is 18.2 Å². The third-order valence-electron chi connectivity index (χ3n) is 4.38. The van der Waals surface area contributed by atoms with E-state index in [1.54, 1.807) is 11.8 Å². The fraction of sp³-hybridized carbons (Fsp3) is 0.500. The van der Waals surface area contributed by atoms with E-state index in [1.807, 2.05) is 18.2 Å². The molecule has 1 atom stereocenters. The number of aryl methyl sites for hydroxylation is 2. The quantitative estimate of drug-likeness (QED) is 0.814. The lowest BCUT2D eigenvalue weighted by atomic mass is 10.0. The molecule has 0 aromatic heterocycles. The van der Waals surface area contributed by atoms with Crippen molar-refractivity contribution in [2.75, 3.05) is 29.6 Å². The Kier molecular flexibility index (Phi) is 4.78. The van der Waals surface area contributed by atoms with Crippen LogP contribution >= 0.6 is 12.2 Å². The summed E-state index contributed by atoms with van der Waals surface area (Å²) >= 11 is 5.02. The minimum absolute atomic E-state index is 0.136. The number of thiocarbonyl (C=S) groups is 1. The molecule has 6 nitrogen and oxygen atoms in total. The van der Waals surface area contributed by atoms with Crippen molar-refractivity contribution < 1.29 is 17.9 Å². The van der Waals surface area contributed by atoms with Crippen LogP contribution in [0.5, 0.6) is 0 Å². The molecule has 1 amide bonds. The van der Waals surface area contributed by atoms with E-state index >= 15 is 0 Å². The first-order valence-electron chi connectivity index (χ1n) is 7.88. The molecule has 8 heteroatoms. The Morgan fingerprint density at radius 2 is 2.04 bits per heavy atom. The topological polar surface area (TPSA) is 75.7 Å². The SMILES string of the molecule is CC(=S)NCC1COC(=O)N1c1ccc2c(c1)CCS(=O)(=O)CC2. The molecule has 2 heterocycles. The Morgan fingerprint density at radius 1 is 1.33 bits per heavy atom. The Morgan fingerprint density at radius 3 is 2.75 bits per heavy atom. The molecule has 1 saturated heterocycles. The third kappa shape index (κ3) is 3.70. The lowest BCUT2D eigenvalue weighted by Crippen LogP contribution is -2.42. The first kappa shape index (κ1) is 17.2. The van der Waals surface area contributed by atoms with Gasteiger partial charge in [-0.15, -0.1) is 0 Å². The van der Waals surface area contributed by atoms with Crippen LogP contribution in [0.4, 0.5) is 10.5 Å². The van der Waals surface area contributed by atoms with Crippen molar-refractivity contribution in [1.82, 2.24) is 5.32 Å². The first-order valence-corrected chi connectivity index (χ1v) is 10.1. The molecule has 1 aromatic rings. The van der Waals surface area contributed by atoms with Crippen molar-refractivity contribution in [1.29, 1.82) is 0 Å². The van der Waals surface area contributed by atoms with E-state index in [4.69, 9.17) is 17.0 Å². The number of ether oxygens (including phenoxy) is 1. The lowest BCUT2D eigenvalue weighted by molar-refractivity contribution is 0.179. The van der Waals surface area contributed by atoms with Gasteiger partial charge >= 0.3 is 6.09 Å². The van der Waals surface area contributed by atoms with Crippen LogP contribution < -0.4 is 10.2 Å². The number of hydrogen-bond acceptors (Lipinski definition) is 5. The van der Waals surface area contributed by atoms with E-state index < -0.39 is 9.84 Å². The molecule has 2 aliphatic heterocycles. The highest BCUT2D eigenvalue weighted by Gasteiger charge is 2.34. The van der Waals surface area contributed by atoms with E-state index in [-0.39, 0.29) is 23.6 Å². The summed E-state index contributed by atoms with van der Waals surface area (Å²) in [6.45, 7) is 2.62. The van der Waals surface area contributed by atoms with Gasteiger partial charge < -0.3 is 10.1 Å². The lowest BCUT2D eigenvalue weighted by Gasteiger charge is -2.23. The molecule has 0 bridgehead atoms. The van der Waals surface area contributed by atoms with Crippen molar-refractivity contribution in [2.24, 2.45) is 0 Å². The van der Waals surface area contributed by atoms with Crippen LogP contribution in [0.3, 0.4) is 0 Å². The van der Waals surface area contributed by atoms with Crippen LogP contribution in [0.25, 0.3) is 0 Å². The fourth-order valence-corrected chi connectivity index (χ4v) is 4.41. The number of carbonyl (C=O) groups is 1. The number of amides is 1.